The molecule has 0 amide bonds. The first-order valence-corrected chi connectivity index (χ1v) is 4.84. The Morgan fingerprint density at radius 3 is 2.50 bits per heavy atom. The minimum Gasteiger partial charge on any atom is -0.497 e. The normalized spacial score (nSPS) is 10.2. The summed E-state index contributed by atoms with van der Waals surface area (Å²) in [6.07, 6.45) is 0. The fourth-order valence-corrected chi connectivity index (χ4v) is 1.31. The highest BCUT2D eigenvalue weighted by molar-refractivity contribution is 6.01. The van der Waals surface area contributed by atoms with E-state index < -0.39 is 4.92 Å². The predicted octanol–water partition coefficient (Wildman–Crippen LogP) is 2.44. The lowest BCUT2D eigenvalue weighted by Crippen LogP contribution is -2.10. The maximum atomic E-state index is 11.7. The summed E-state index contributed by atoms with van der Waals surface area (Å²) in [5, 5.41) is 10.8. The van der Waals surface area contributed by atoms with Crippen molar-refractivity contribution in [2.45, 2.75) is 13.8 Å². The van der Waals surface area contributed by atoms with Crippen molar-refractivity contribution in [3.8, 4) is 5.75 Å². The molecule has 0 heterocycles. The Morgan fingerprint density at radius 2 is 2.06 bits per heavy atom. The number of nitro groups is 1. The average molecular weight is 223 g/mol. The molecular weight excluding hydrogens is 210 g/mol. The van der Waals surface area contributed by atoms with Gasteiger partial charge < -0.3 is 4.74 Å². The van der Waals surface area contributed by atoms with E-state index in [4.69, 9.17) is 4.74 Å². The molecule has 1 aromatic rings. The summed E-state index contributed by atoms with van der Waals surface area (Å²) in [4.78, 5) is 22.0. The summed E-state index contributed by atoms with van der Waals surface area (Å²) in [5.74, 6) is -0.145. The van der Waals surface area contributed by atoms with Crippen LogP contribution in [0.25, 0.3) is 0 Å². The molecule has 0 N–H and O–H groups in total. The zero-order chi connectivity index (χ0) is 12.3. The number of hydrogen-bond acceptors (Lipinski definition) is 4. The highest BCUT2D eigenvalue weighted by Crippen LogP contribution is 2.26. The quantitative estimate of drug-likeness (QED) is 0.446. The van der Waals surface area contributed by atoms with Gasteiger partial charge in [0, 0.05) is 5.92 Å². The van der Waals surface area contributed by atoms with Gasteiger partial charge in [0.15, 0.2) is 5.78 Å². The number of rotatable bonds is 4. The van der Waals surface area contributed by atoms with E-state index in [0.717, 1.165) is 0 Å². The molecular formula is C11H13NO4. The van der Waals surface area contributed by atoms with Gasteiger partial charge in [-0.3, -0.25) is 14.9 Å². The fraction of sp³-hybridized carbons (Fsp3) is 0.364. The number of carbonyl (C=O) groups is 1. The maximum Gasteiger partial charge on any atom is 0.283 e. The number of ketones is 1. The first-order valence-electron chi connectivity index (χ1n) is 4.84. The van der Waals surface area contributed by atoms with Crippen molar-refractivity contribution in [3.05, 3.63) is 33.9 Å². The zero-order valence-electron chi connectivity index (χ0n) is 9.39. The topological polar surface area (TPSA) is 69.4 Å². The van der Waals surface area contributed by atoms with Crippen molar-refractivity contribution in [2.24, 2.45) is 5.92 Å². The molecule has 0 aliphatic rings. The van der Waals surface area contributed by atoms with Crippen LogP contribution in [-0.2, 0) is 0 Å². The third-order valence-corrected chi connectivity index (χ3v) is 2.19. The highest BCUT2D eigenvalue weighted by atomic mass is 16.6. The Balaban J connectivity index is 3.28. The van der Waals surface area contributed by atoms with Crippen molar-refractivity contribution < 1.29 is 14.5 Å². The molecule has 0 saturated heterocycles. The Morgan fingerprint density at radius 1 is 1.44 bits per heavy atom. The van der Waals surface area contributed by atoms with Gasteiger partial charge in [-0.15, -0.1) is 0 Å². The number of nitrogens with zero attached hydrogens (tertiary/aromatic N) is 1. The minimum absolute atomic E-state index is 0.126. The van der Waals surface area contributed by atoms with Gasteiger partial charge in [-0.2, -0.15) is 0 Å². The summed E-state index contributed by atoms with van der Waals surface area (Å²) < 4.78 is 4.88. The largest absolute Gasteiger partial charge is 0.497 e. The van der Waals surface area contributed by atoms with Crippen molar-refractivity contribution in [3.63, 3.8) is 0 Å². The molecule has 0 aromatic heterocycles. The third-order valence-electron chi connectivity index (χ3n) is 2.19. The number of methoxy groups -OCH3 is 1. The zero-order valence-corrected chi connectivity index (χ0v) is 9.39. The van der Waals surface area contributed by atoms with Crippen LogP contribution in [0.4, 0.5) is 5.69 Å². The first-order chi connectivity index (χ1) is 7.47. The summed E-state index contributed by atoms with van der Waals surface area (Å²) in [6.45, 7) is 3.41. The summed E-state index contributed by atoms with van der Waals surface area (Å²) >= 11 is 0. The van der Waals surface area contributed by atoms with Crippen LogP contribution in [0.3, 0.4) is 0 Å². The molecule has 5 heteroatoms. The smallest absolute Gasteiger partial charge is 0.283 e. The van der Waals surface area contributed by atoms with Gasteiger partial charge in [-0.05, 0) is 12.1 Å². The second-order valence-corrected chi connectivity index (χ2v) is 3.66. The number of carbonyl (C=O) groups excluding carboxylic acids is 1. The van der Waals surface area contributed by atoms with E-state index in [1.165, 1.54) is 19.2 Å². The second-order valence-electron chi connectivity index (χ2n) is 3.66. The molecule has 86 valence electrons. The summed E-state index contributed by atoms with van der Waals surface area (Å²) in [5.41, 5.74) is -0.0844. The molecule has 0 spiro atoms. The lowest BCUT2D eigenvalue weighted by molar-refractivity contribution is -0.385. The molecule has 16 heavy (non-hydrogen) atoms. The van der Waals surface area contributed by atoms with Crippen LogP contribution in [0.15, 0.2) is 18.2 Å². The molecule has 0 aliphatic carbocycles. The van der Waals surface area contributed by atoms with Crippen molar-refractivity contribution >= 4 is 11.5 Å². The van der Waals surface area contributed by atoms with Crippen molar-refractivity contribution in [1.82, 2.24) is 0 Å². The molecule has 1 rings (SSSR count). The van der Waals surface area contributed by atoms with Crippen molar-refractivity contribution in [2.75, 3.05) is 7.11 Å². The van der Waals surface area contributed by atoms with Gasteiger partial charge >= 0.3 is 0 Å². The van der Waals surface area contributed by atoms with Crippen LogP contribution < -0.4 is 4.74 Å². The third kappa shape index (κ3) is 2.36. The molecule has 5 nitrogen and oxygen atoms in total. The van der Waals surface area contributed by atoms with Crippen LogP contribution >= 0.6 is 0 Å². The van der Waals surface area contributed by atoms with Crippen LogP contribution in [0.2, 0.25) is 0 Å². The number of Topliss-reactive ketones (excluding diaryl/α,β-unsaturated/α-hetero) is 1. The molecule has 0 atom stereocenters. The van der Waals surface area contributed by atoms with Crippen LogP contribution in [0.1, 0.15) is 24.2 Å². The minimum atomic E-state index is -0.571. The van der Waals surface area contributed by atoms with Gasteiger partial charge in [-0.1, -0.05) is 13.8 Å². The van der Waals surface area contributed by atoms with E-state index in [1.54, 1.807) is 19.9 Å². The van der Waals surface area contributed by atoms with E-state index in [-0.39, 0.29) is 23.0 Å². The summed E-state index contributed by atoms with van der Waals surface area (Å²) in [7, 11) is 1.42. The predicted molar refractivity (Wildman–Crippen MR) is 58.8 cm³/mol. The Labute approximate surface area is 93.2 Å². The van der Waals surface area contributed by atoms with Crippen molar-refractivity contribution in [1.29, 1.82) is 0 Å². The fourth-order valence-electron chi connectivity index (χ4n) is 1.31. The van der Waals surface area contributed by atoms with Crippen LogP contribution in [0, 0.1) is 16.0 Å². The number of ether oxygens (including phenoxy) is 1. The number of nitro benzene ring substituents is 1. The molecule has 0 unspecified atom stereocenters. The monoisotopic (exact) mass is 223 g/mol. The molecule has 0 fully saturated rings. The first kappa shape index (κ1) is 12.2. The molecule has 0 radical (unpaired) electrons. The van der Waals surface area contributed by atoms with Gasteiger partial charge in [-0.25, -0.2) is 0 Å². The molecule has 0 bridgehead atoms. The molecule has 1 aromatic carbocycles. The van der Waals surface area contributed by atoms with E-state index in [9.17, 15) is 14.9 Å². The molecule has 0 saturated carbocycles. The molecule has 0 aliphatic heterocycles. The Kier molecular flexibility index (Phi) is 3.60. The Hall–Kier alpha value is -1.91. The second kappa shape index (κ2) is 4.74. The van der Waals surface area contributed by atoms with Crippen LogP contribution in [-0.4, -0.2) is 17.8 Å². The van der Waals surface area contributed by atoms with Crippen LogP contribution in [0.5, 0.6) is 5.75 Å². The lowest BCUT2D eigenvalue weighted by Gasteiger charge is -2.06. The number of hydrogen-bond donors (Lipinski definition) is 0. The van der Waals surface area contributed by atoms with E-state index in [1.807, 2.05) is 0 Å². The summed E-state index contributed by atoms with van der Waals surface area (Å²) in [6, 6.07) is 4.23. The van der Waals surface area contributed by atoms with E-state index >= 15 is 0 Å². The van der Waals surface area contributed by atoms with Gasteiger partial charge in [0.25, 0.3) is 5.69 Å². The number of benzene rings is 1. The lowest BCUT2D eigenvalue weighted by atomic mass is 9.99. The van der Waals surface area contributed by atoms with Gasteiger partial charge in [0.2, 0.25) is 0 Å². The van der Waals surface area contributed by atoms with E-state index in [2.05, 4.69) is 0 Å². The Bertz CT molecular complexity index is 426. The van der Waals surface area contributed by atoms with Gasteiger partial charge in [0.05, 0.1) is 23.7 Å². The van der Waals surface area contributed by atoms with Gasteiger partial charge in [0.1, 0.15) is 5.75 Å². The highest BCUT2D eigenvalue weighted by Gasteiger charge is 2.22. The average Bonchev–Trinajstić information content (AvgIpc) is 2.26. The standard InChI is InChI=1S/C11H13NO4/c1-7(2)11(13)9-5-4-8(16-3)6-10(9)12(14)15/h4-7H,1-3H3. The van der Waals surface area contributed by atoms with E-state index in [0.29, 0.717) is 5.75 Å². The SMILES string of the molecule is COc1ccc(C(=O)C(C)C)c([N+](=O)[O-])c1. The maximum absolute atomic E-state index is 11.7.